The number of urea groups is 1. The number of nitrogens with zero attached hydrogens (tertiary/aromatic N) is 2. The van der Waals surface area contributed by atoms with Crippen molar-refractivity contribution in [2.45, 2.75) is 13.8 Å². The Labute approximate surface area is 137 Å². The van der Waals surface area contributed by atoms with E-state index in [1.807, 2.05) is 14.1 Å². The molecular formula is C15H23Cl2N3O. The molecule has 0 unspecified atom stereocenters. The number of likely N-dealkylation sites (N-methyl/N-ethyl adjacent to an activating group) is 1. The largest absolute Gasteiger partial charge is 0.323 e. The molecule has 21 heavy (non-hydrogen) atoms. The van der Waals surface area contributed by atoms with Crippen molar-refractivity contribution in [1.82, 2.24) is 9.80 Å². The first-order valence-electron chi connectivity index (χ1n) is 6.95. The van der Waals surface area contributed by atoms with Crippen LogP contribution in [0.1, 0.15) is 13.8 Å². The highest BCUT2D eigenvalue weighted by atomic mass is 35.5. The highest BCUT2D eigenvalue weighted by Crippen LogP contribution is 2.25. The van der Waals surface area contributed by atoms with Crippen LogP contribution in [-0.2, 0) is 0 Å². The first kappa shape index (κ1) is 18.1. The molecule has 1 rings (SSSR count). The smallest absolute Gasteiger partial charge is 0.321 e. The second kappa shape index (κ2) is 8.47. The van der Waals surface area contributed by atoms with Crippen LogP contribution in [0.2, 0.25) is 10.0 Å². The van der Waals surface area contributed by atoms with Crippen molar-refractivity contribution in [3.05, 3.63) is 28.2 Å². The molecule has 0 fully saturated rings. The summed E-state index contributed by atoms with van der Waals surface area (Å²) in [5.74, 6) is 0.401. The number of hydrogen-bond donors (Lipinski definition) is 1. The molecule has 4 nitrogen and oxygen atoms in total. The third kappa shape index (κ3) is 6.55. The minimum Gasteiger partial charge on any atom is -0.323 e. The van der Waals surface area contributed by atoms with Crippen LogP contribution in [0.25, 0.3) is 0 Å². The maximum atomic E-state index is 12.4. The number of carbonyl (C=O) groups is 1. The van der Waals surface area contributed by atoms with E-state index in [-0.39, 0.29) is 6.03 Å². The Bertz CT molecular complexity index is 478. The Hall–Kier alpha value is -0.970. The zero-order valence-electron chi connectivity index (χ0n) is 13.0. The summed E-state index contributed by atoms with van der Waals surface area (Å²) in [6.45, 7) is 6.36. The molecule has 6 heteroatoms. The molecule has 0 saturated carbocycles. The van der Waals surface area contributed by atoms with Gasteiger partial charge >= 0.3 is 6.03 Å². The Morgan fingerprint density at radius 2 is 1.90 bits per heavy atom. The van der Waals surface area contributed by atoms with Crippen molar-refractivity contribution in [3.8, 4) is 0 Å². The van der Waals surface area contributed by atoms with Crippen molar-refractivity contribution < 1.29 is 4.79 Å². The molecule has 0 bridgehead atoms. The van der Waals surface area contributed by atoms with Gasteiger partial charge in [-0.2, -0.15) is 0 Å². The zero-order chi connectivity index (χ0) is 16.0. The SMILES string of the molecule is CC(C)CN(CCN(C)C)C(=O)Nc1ccc(Cl)cc1Cl. The molecule has 0 aliphatic rings. The Morgan fingerprint density at radius 3 is 2.43 bits per heavy atom. The van der Waals surface area contributed by atoms with E-state index < -0.39 is 0 Å². The molecule has 0 spiro atoms. The molecule has 0 heterocycles. The van der Waals surface area contributed by atoms with E-state index in [2.05, 4.69) is 24.1 Å². The fourth-order valence-corrected chi connectivity index (χ4v) is 2.28. The van der Waals surface area contributed by atoms with Gasteiger partial charge in [0.05, 0.1) is 10.7 Å². The summed E-state index contributed by atoms with van der Waals surface area (Å²) in [5, 5.41) is 3.83. The van der Waals surface area contributed by atoms with E-state index >= 15 is 0 Å². The van der Waals surface area contributed by atoms with E-state index in [1.54, 1.807) is 23.1 Å². The van der Waals surface area contributed by atoms with Crippen molar-refractivity contribution in [1.29, 1.82) is 0 Å². The Morgan fingerprint density at radius 1 is 1.24 bits per heavy atom. The molecule has 0 radical (unpaired) electrons. The van der Waals surface area contributed by atoms with Gasteiger partial charge in [0.15, 0.2) is 0 Å². The predicted octanol–water partition coefficient (Wildman–Crippen LogP) is 4.04. The number of halogens is 2. The first-order valence-corrected chi connectivity index (χ1v) is 7.71. The molecule has 1 aromatic carbocycles. The number of rotatable bonds is 6. The Kier molecular flexibility index (Phi) is 7.29. The van der Waals surface area contributed by atoms with E-state index in [0.717, 1.165) is 6.54 Å². The van der Waals surface area contributed by atoms with Crippen LogP contribution in [0, 0.1) is 5.92 Å². The van der Waals surface area contributed by atoms with Crippen LogP contribution in [0.3, 0.4) is 0 Å². The number of carbonyl (C=O) groups excluding carboxylic acids is 1. The Balaban J connectivity index is 2.74. The summed E-state index contributed by atoms with van der Waals surface area (Å²) in [6, 6.07) is 4.89. The summed E-state index contributed by atoms with van der Waals surface area (Å²) in [5.41, 5.74) is 0.574. The van der Waals surface area contributed by atoms with Crippen molar-refractivity contribution in [3.63, 3.8) is 0 Å². The number of hydrogen-bond acceptors (Lipinski definition) is 2. The maximum Gasteiger partial charge on any atom is 0.321 e. The predicted molar refractivity (Wildman–Crippen MR) is 90.4 cm³/mol. The molecule has 0 aliphatic carbocycles. The normalized spacial score (nSPS) is 11.0. The summed E-state index contributed by atoms with van der Waals surface area (Å²) in [7, 11) is 3.98. The van der Waals surface area contributed by atoms with Gasteiger partial charge < -0.3 is 15.1 Å². The lowest BCUT2D eigenvalue weighted by molar-refractivity contribution is 0.197. The lowest BCUT2D eigenvalue weighted by Gasteiger charge is -2.26. The van der Waals surface area contributed by atoms with Gasteiger partial charge in [-0.25, -0.2) is 4.79 Å². The third-order valence-corrected chi connectivity index (χ3v) is 3.41. The molecule has 0 aliphatic heterocycles. The molecule has 1 aromatic rings. The van der Waals surface area contributed by atoms with Gasteiger partial charge in [0, 0.05) is 24.7 Å². The molecule has 1 N–H and O–H groups in total. The van der Waals surface area contributed by atoms with Crippen LogP contribution in [-0.4, -0.2) is 49.6 Å². The third-order valence-electron chi connectivity index (χ3n) is 2.86. The monoisotopic (exact) mass is 331 g/mol. The van der Waals surface area contributed by atoms with Crippen LogP contribution in [0.15, 0.2) is 18.2 Å². The summed E-state index contributed by atoms with van der Waals surface area (Å²) >= 11 is 11.9. The lowest BCUT2D eigenvalue weighted by Crippen LogP contribution is -2.41. The minimum absolute atomic E-state index is 0.144. The van der Waals surface area contributed by atoms with Gasteiger partial charge in [-0.15, -0.1) is 0 Å². The average molecular weight is 332 g/mol. The minimum atomic E-state index is -0.144. The average Bonchev–Trinajstić information content (AvgIpc) is 2.37. The number of nitrogens with one attached hydrogen (secondary N) is 1. The molecule has 0 saturated heterocycles. The number of amides is 2. The van der Waals surface area contributed by atoms with E-state index in [0.29, 0.717) is 34.7 Å². The fraction of sp³-hybridized carbons (Fsp3) is 0.533. The number of anilines is 1. The van der Waals surface area contributed by atoms with Gasteiger partial charge in [0.25, 0.3) is 0 Å². The molecular weight excluding hydrogens is 309 g/mol. The first-order chi connectivity index (χ1) is 9.79. The quantitative estimate of drug-likeness (QED) is 0.853. The van der Waals surface area contributed by atoms with Crippen LogP contribution < -0.4 is 5.32 Å². The lowest BCUT2D eigenvalue weighted by atomic mass is 10.2. The van der Waals surface area contributed by atoms with Gasteiger partial charge in [-0.3, -0.25) is 0 Å². The standard InChI is InChI=1S/C15H23Cl2N3O/c1-11(2)10-20(8-7-19(3)4)15(21)18-14-6-5-12(16)9-13(14)17/h5-6,9,11H,7-8,10H2,1-4H3,(H,18,21). The second-order valence-electron chi connectivity index (χ2n) is 5.70. The van der Waals surface area contributed by atoms with Crippen molar-refractivity contribution >= 4 is 34.9 Å². The van der Waals surface area contributed by atoms with E-state index in [1.165, 1.54) is 0 Å². The van der Waals surface area contributed by atoms with Crippen molar-refractivity contribution in [2.24, 2.45) is 5.92 Å². The fourth-order valence-electron chi connectivity index (χ4n) is 1.82. The van der Waals surface area contributed by atoms with Gasteiger partial charge in [-0.05, 0) is 38.2 Å². The zero-order valence-corrected chi connectivity index (χ0v) is 14.5. The summed E-state index contributed by atoms with van der Waals surface area (Å²) < 4.78 is 0. The van der Waals surface area contributed by atoms with Crippen LogP contribution >= 0.6 is 23.2 Å². The van der Waals surface area contributed by atoms with Gasteiger partial charge in [0.2, 0.25) is 0 Å². The second-order valence-corrected chi connectivity index (χ2v) is 6.54. The molecule has 2 amide bonds. The number of benzene rings is 1. The van der Waals surface area contributed by atoms with Crippen LogP contribution in [0.5, 0.6) is 0 Å². The molecule has 0 atom stereocenters. The van der Waals surface area contributed by atoms with Crippen LogP contribution in [0.4, 0.5) is 10.5 Å². The van der Waals surface area contributed by atoms with Gasteiger partial charge in [-0.1, -0.05) is 37.0 Å². The highest BCUT2D eigenvalue weighted by molar-refractivity contribution is 6.36. The topological polar surface area (TPSA) is 35.6 Å². The highest BCUT2D eigenvalue weighted by Gasteiger charge is 2.16. The van der Waals surface area contributed by atoms with E-state index in [4.69, 9.17) is 23.2 Å². The molecule has 118 valence electrons. The summed E-state index contributed by atoms with van der Waals surface area (Å²) in [4.78, 5) is 16.3. The summed E-state index contributed by atoms with van der Waals surface area (Å²) in [6.07, 6.45) is 0. The van der Waals surface area contributed by atoms with E-state index in [9.17, 15) is 4.79 Å². The molecule has 0 aromatic heterocycles. The van der Waals surface area contributed by atoms with Gasteiger partial charge in [0.1, 0.15) is 0 Å². The van der Waals surface area contributed by atoms with Crippen molar-refractivity contribution in [2.75, 3.05) is 39.0 Å². The maximum absolute atomic E-state index is 12.4.